The number of hydrogen-bond acceptors (Lipinski definition) is 8. The van der Waals surface area contributed by atoms with Crippen LogP contribution >= 0.6 is 11.3 Å². The molecule has 1 saturated heterocycles. The third kappa shape index (κ3) is 5.59. The molecule has 1 amide bonds. The first-order valence-electron chi connectivity index (χ1n) is 12.9. The van der Waals surface area contributed by atoms with Crippen LogP contribution in [-0.4, -0.2) is 41.0 Å². The number of Topliss-reactive ketones (excluding diaryl/α,β-unsaturated/α-hetero) is 1. The molecular weight excluding hydrogens is 516 g/mol. The predicted molar refractivity (Wildman–Crippen MR) is 150 cm³/mol. The van der Waals surface area contributed by atoms with E-state index in [-0.39, 0.29) is 27.9 Å². The molecule has 1 aliphatic heterocycles. The van der Waals surface area contributed by atoms with Gasteiger partial charge < -0.3 is 14.6 Å². The molecule has 0 aliphatic carbocycles. The average Bonchev–Trinajstić information content (AvgIpc) is 3.42. The van der Waals surface area contributed by atoms with E-state index >= 15 is 0 Å². The summed E-state index contributed by atoms with van der Waals surface area (Å²) in [5.74, 6) is -1.80. The summed E-state index contributed by atoms with van der Waals surface area (Å²) in [6.07, 6.45) is 1.94. The molecule has 8 nitrogen and oxygen atoms in total. The topological polar surface area (TPSA) is 106 Å². The minimum Gasteiger partial charge on any atom is -0.507 e. The fourth-order valence-corrected chi connectivity index (χ4v) is 5.39. The summed E-state index contributed by atoms with van der Waals surface area (Å²) in [5.41, 5.74) is 3.17. The van der Waals surface area contributed by atoms with E-state index in [0.29, 0.717) is 29.2 Å². The molecule has 1 N–H and O–H groups in total. The molecule has 1 fully saturated rings. The molecule has 0 saturated carbocycles. The number of rotatable bonds is 9. The second-order valence-electron chi connectivity index (χ2n) is 9.39. The highest BCUT2D eigenvalue weighted by Gasteiger charge is 2.48. The van der Waals surface area contributed by atoms with Crippen LogP contribution in [0, 0.1) is 20.8 Å². The molecule has 1 unspecified atom stereocenters. The van der Waals surface area contributed by atoms with Gasteiger partial charge in [0, 0.05) is 5.56 Å². The monoisotopic (exact) mass is 548 g/mol. The molecule has 3 aromatic rings. The van der Waals surface area contributed by atoms with Crippen molar-refractivity contribution in [3.63, 3.8) is 0 Å². The summed E-state index contributed by atoms with van der Waals surface area (Å²) < 4.78 is 11.0. The van der Waals surface area contributed by atoms with Gasteiger partial charge in [-0.3, -0.25) is 14.5 Å². The van der Waals surface area contributed by atoms with Gasteiger partial charge in [-0.25, -0.2) is 9.78 Å². The Kier molecular flexibility index (Phi) is 8.50. The standard InChI is InChI=1S/C30H32N2O6S/c1-6-8-15-38-22-14-13-21(16-18(22)4)25(33)23-24(20-11-9-17(3)10-12-20)32(28(35)26(23)34)30-31-19(5)27(39-30)29(36)37-7-2/h9-14,16,24,33H,6-8,15H2,1-5H3/b25-23-. The summed E-state index contributed by atoms with van der Waals surface area (Å²) in [6, 6.07) is 11.6. The van der Waals surface area contributed by atoms with Gasteiger partial charge in [-0.05, 0) is 63.4 Å². The maximum atomic E-state index is 13.5. The van der Waals surface area contributed by atoms with Crippen LogP contribution in [0.15, 0.2) is 48.0 Å². The largest absolute Gasteiger partial charge is 0.507 e. The van der Waals surface area contributed by atoms with Crippen molar-refractivity contribution in [1.82, 2.24) is 4.98 Å². The Bertz CT molecular complexity index is 1440. The maximum Gasteiger partial charge on any atom is 0.350 e. The number of aryl methyl sites for hydroxylation is 3. The van der Waals surface area contributed by atoms with E-state index in [1.807, 2.05) is 38.1 Å². The Labute approximate surface area is 231 Å². The molecule has 39 heavy (non-hydrogen) atoms. The predicted octanol–water partition coefficient (Wildman–Crippen LogP) is 6.05. The Balaban J connectivity index is 1.83. The molecule has 9 heteroatoms. The molecule has 2 aromatic carbocycles. The molecule has 1 aromatic heterocycles. The second kappa shape index (κ2) is 11.8. The fourth-order valence-electron chi connectivity index (χ4n) is 4.41. The molecule has 1 atom stereocenters. The fraction of sp³-hybridized carbons (Fsp3) is 0.333. The van der Waals surface area contributed by atoms with E-state index in [0.717, 1.165) is 35.3 Å². The zero-order valence-corrected chi connectivity index (χ0v) is 23.6. The van der Waals surface area contributed by atoms with Crippen molar-refractivity contribution in [2.75, 3.05) is 18.1 Å². The summed E-state index contributed by atoms with van der Waals surface area (Å²) in [4.78, 5) is 45.3. The quantitative estimate of drug-likeness (QED) is 0.114. The Morgan fingerprint density at radius 2 is 1.79 bits per heavy atom. The van der Waals surface area contributed by atoms with Crippen LogP contribution in [0.25, 0.3) is 5.76 Å². The highest BCUT2D eigenvalue weighted by atomic mass is 32.1. The Morgan fingerprint density at radius 3 is 2.44 bits per heavy atom. The van der Waals surface area contributed by atoms with Gasteiger partial charge in [0.2, 0.25) is 0 Å². The highest BCUT2D eigenvalue weighted by molar-refractivity contribution is 7.17. The van der Waals surface area contributed by atoms with Crippen molar-refractivity contribution in [2.24, 2.45) is 0 Å². The number of thiazole rings is 1. The van der Waals surface area contributed by atoms with E-state index in [4.69, 9.17) is 9.47 Å². The minimum atomic E-state index is -0.938. The number of carbonyl (C=O) groups excluding carboxylic acids is 3. The normalized spacial score (nSPS) is 16.5. The number of aromatic nitrogens is 1. The molecular formula is C30H32N2O6S. The molecule has 0 spiro atoms. The van der Waals surface area contributed by atoms with Crippen molar-refractivity contribution < 1.29 is 29.0 Å². The van der Waals surface area contributed by atoms with E-state index in [2.05, 4.69) is 11.9 Å². The van der Waals surface area contributed by atoms with Crippen LogP contribution in [0.4, 0.5) is 5.13 Å². The van der Waals surface area contributed by atoms with Crippen LogP contribution in [0.1, 0.15) is 70.4 Å². The lowest BCUT2D eigenvalue weighted by atomic mass is 9.94. The summed E-state index contributed by atoms with van der Waals surface area (Å²) >= 11 is 0.982. The third-order valence-corrected chi connectivity index (χ3v) is 7.63. The number of carbonyl (C=O) groups is 3. The summed E-state index contributed by atoms with van der Waals surface area (Å²) in [5, 5.41) is 11.6. The highest BCUT2D eigenvalue weighted by Crippen LogP contribution is 2.44. The van der Waals surface area contributed by atoms with Gasteiger partial charge >= 0.3 is 11.9 Å². The second-order valence-corrected chi connectivity index (χ2v) is 10.4. The molecule has 0 radical (unpaired) electrons. The Morgan fingerprint density at radius 1 is 1.08 bits per heavy atom. The van der Waals surface area contributed by atoms with Crippen LogP contribution in [0.3, 0.4) is 0 Å². The van der Waals surface area contributed by atoms with Gasteiger partial charge in [-0.15, -0.1) is 0 Å². The van der Waals surface area contributed by atoms with Crippen LogP contribution in [0.5, 0.6) is 5.75 Å². The number of hydrogen-bond donors (Lipinski definition) is 1. The number of anilines is 1. The lowest BCUT2D eigenvalue weighted by Crippen LogP contribution is -2.29. The van der Waals surface area contributed by atoms with E-state index in [1.54, 1.807) is 32.0 Å². The van der Waals surface area contributed by atoms with Crippen molar-refractivity contribution in [3.05, 3.63) is 80.9 Å². The van der Waals surface area contributed by atoms with Gasteiger partial charge in [0.05, 0.1) is 30.5 Å². The zero-order chi connectivity index (χ0) is 28.3. The Hall–Kier alpha value is -3.98. The number of amides is 1. The number of unbranched alkanes of at least 4 members (excludes halogenated alkanes) is 1. The molecule has 4 rings (SSSR count). The van der Waals surface area contributed by atoms with Gasteiger partial charge in [0.1, 0.15) is 16.4 Å². The minimum absolute atomic E-state index is 0.0477. The summed E-state index contributed by atoms with van der Waals surface area (Å²) in [6.45, 7) is 10.0. The number of aliphatic hydroxyl groups excluding tert-OH is 1. The SMILES string of the molecule is CCCCOc1ccc(/C(O)=C2/C(=O)C(=O)N(c3nc(C)c(C(=O)OCC)s3)C2c2ccc(C)cc2)cc1C. The first kappa shape index (κ1) is 28.0. The third-order valence-electron chi connectivity index (χ3n) is 6.49. The first-order valence-corrected chi connectivity index (χ1v) is 13.7. The molecule has 0 bridgehead atoms. The van der Waals surface area contributed by atoms with Gasteiger partial charge in [-0.2, -0.15) is 0 Å². The van der Waals surface area contributed by atoms with E-state index < -0.39 is 23.7 Å². The van der Waals surface area contributed by atoms with Crippen LogP contribution in [-0.2, 0) is 14.3 Å². The van der Waals surface area contributed by atoms with Crippen molar-refractivity contribution in [3.8, 4) is 5.75 Å². The van der Waals surface area contributed by atoms with E-state index in [9.17, 15) is 19.5 Å². The zero-order valence-electron chi connectivity index (χ0n) is 22.7. The first-order chi connectivity index (χ1) is 18.7. The van der Waals surface area contributed by atoms with Crippen LogP contribution < -0.4 is 9.64 Å². The van der Waals surface area contributed by atoms with Gasteiger partial charge in [0.25, 0.3) is 5.78 Å². The number of ketones is 1. The van der Waals surface area contributed by atoms with Gasteiger partial charge in [-0.1, -0.05) is 54.5 Å². The maximum absolute atomic E-state index is 13.5. The number of nitrogens with zero attached hydrogens (tertiary/aromatic N) is 2. The molecule has 204 valence electrons. The summed E-state index contributed by atoms with van der Waals surface area (Å²) in [7, 11) is 0. The van der Waals surface area contributed by atoms with E-state index in [1.165, 1.54) is 4.90 Å². The molecule has 1 aliphatic rings. The number of benzene rings is 2. The number of aliphatic hydroxyl groups is 1. The lowest BCUT2D eigenvalue weighted by Gasteiger charge is -2.23. The van der Waals surface area contributed by atoms with Crippen molar-refractivity contribution in [2.45, 2.75) is 53.5 Å². The lowest BCUT2D eigenvalue weighted by molar-refractivity contribution is -0.132. The van der Waals surface area contributed by atoms with Crippen molar-refractivity contribution in [1.29, 1.82) is 0 Å². The molecule has 2 heterocycles. The average molecular weight is 549 g/mol. The number of ether oxygens (including phenoxy) is 2. The van der Waals surface area contributed by atoms with Gasteiger partial charge in [0.15, 0.2) is 5.13 Å². The number of esters is 1. The smallest absolute Gasteiger partial charge is 0.350 e. The van der Waals surface area contributed by atoms with Crippen molar-refractivity contribution >= 4 is 39.9 Å². The van der Waals surface area contributed by atoms with Crippen LogP contribution in [0.2, 0.25) is 0 Å².